The van der Waals surface area contributed by atoms with Crippen LogP contribution >= 0.6 is 0 Å². The molecule has 2 rings (SSSR count). The first-order chi connectivity index (χ1) is 10.2. The van der Waals surface area contributed by atoms with Crippen LogP contribution in [0.2, 0.25) is 0 Å². The molecule has 0 unspecified atom stereocenters. The summed E-state index contributed by atoms with van der Waals surface area (Å²) in [6, 6.07) is 9.87. The Balaban J connectivity index is 1.63. The summed E-state index contributed by atoms with van der Waals surface area (Å²) in [4.78, 5) is 4.30. The maximum Gasteiger partial charge on any atom is 0.164 e. The van der Waals surface area contributed by atoms with Crippen molar-refractivity contribution in [3.63, 3.8) is 0 Å². The molecule has 0 amide bonds. The van der Waals surface area contributed by atoms with Crippen LogP contribution in [0.15, 0.2) is 36.7 Å². The summed E-state index contributed by atoms with van der Waals surface area (Å²) >= 11 is 0. The standard InChI is InChI=1S/C16H24N4O/c1-14(2)11-17-12-16-18-13-20(19-16)9-6-10-21-15-7-4-3-5-8-15/h3-5,7-8,13-14,17H,6,9-12H2,1-2H3. The molecule has 0 fully saturated rings. The average molecular weight is 288 g/mol. The molecule has 21 heavy (non-hydrogen) atoms. The molecule has 0 aliphatic heterocycles. The molecular formula is C16H24N4O. The van der Waals surface area contributed by atoms with Gasteiger partial charge >= 0.3 is 0 Å². The average Bonchev–Trinajstić information content (AvgIpc) is 2.92. The van der Waals surface area contributed by atoms with Gasteiger partial charge in [0.2, 0.25) is 0 Å². The van der Waals surface area contributed by atoms with E-state index >= 15 is 0 Å². The number of hydrogen-bond donors (Lipinski definition) is 1. The van der Waals surface area contributed by atoms with Crippen LogP contribution < -0.4 is 10.1 Å². The van der Waals surface area contributed by atoms with Crippen LogP contribution in [0.3, 0.4) is 0 Å². The second-order valence-electron chi connectivity index (χ2n) is 5.46. The minimum atomic E-state index is 0.641. The molecule has 0 saturated carbocycles. The number of rotatable bonds is 9. The number of nitrogens with zero attached hydrogens (tertiary/aromatic N) is 3. The highest BCUT2D eigenvalue weighted by atomic mass is 16.5. The number of para-hydroxylation sites is 1. The lowest BCUT2D eigenvalue weighted by Gasteiger charge is -2.05. The van der Waals surface area contributed by atoms with E-state index in [-0.39, 0.29) is 0 Å². The maximum absolute atomic E-state index is 5.65. The van der Waals surface area contributed by atoms with Crippen LogP contribution in [-0.2, 0) is 13.1 Å². The Labute approximate surface area is 126 Å². The van der Waals surface area contributed by atoms with Gasteiger partial charge < -0.3 is 10.1 Å². The Bertz CT molecular complexity index is 510. The van der Waals surface area contributed by atoms with Crippen LogP contribution in [0.1, 0.15) is 26.1 Å². The van der Waals surface area contributed by atoms with E-state index in [0.717, 1.165) is 37.6 Å². The number of nitrogens with one attached hydrogen (secondary N) is 1. The molecule has 1 N–H and O–H groups in total. The zero-order valence-electron chi connectivity index (χ0n) is 12.8. The molecular weight excluding hydrogens is 264 g/mol. The summed E-state index contributed by atoms with van der Waals surface area (Å²) in [5, 5.41) is 7.78. The minimum Gasteiger partial charge on any atom is -0.494 e. The van der Waals surface area contributed by atoms with E-state index in [1.54, 1.807) is 6.33 Å². The van der Waals surface area contributed by atoms with Crippen molar-refractivity contribution in [1.29, 1.82) is 0 Å². The van der Waals surface area contributed by atoms with E-state index in [9.17, 15) is 0 Å². The van der Waals surface area contributed by atoms with Crippen molar-refractivity contribution in [3.05, 3.63) is 42.5 Å². The molecule has 5 heteroatoms. The predicted octanol–water partition coefficient (Wildman–Crippen LogP) is 2.49. The van der Waals surface area contributed by atoms with Gasteiger partial charge in [-0.1, -0.05) is 32.0 Å². The Morgan fingerprint density at radius 3 is 2.81 bits per heavy atom. The molecule has 1 heterocycles. The Morgan fingerprint density at radius 1 is 1.24 bits per heavy atom. The molecule has 2 aromatic rings. The molecule has 5 nitrogen and oxygen atoms in total. The molecule has 0 bridgehead atoms. The number of aromatic nitrogens is 3. The number of ether oxygens (including phenoxy) is 1. The lowest BCUT2D eigenvalue weighted by atomic mass is 10.2. The molecule has 0 atom stereocenters. The van der Waals surface area contributed by atoms with Gasteiger partial charge in [0.15, 0.2) is 5.82 Å². The van der Waals surface area contributed by atoms with Gasteiger partial charge in [0, 0.05) is 13.0 Å². The van der Waals surface area contributed by atoms with Gasteiger partial charge in [0.1, 0.15) is 12.1 Å². The second-order valence-corrected chi connectivity index (χ2v) is 5.46. The van der Waals surface area contributed by atoms with E-state index in [1.165, 1.54) is 0 Å². The summed E-state index contributed by atoms with van der Waals surface area (Å²) in [6.07, 6.45) is 2.70. The third-order valence-corrected chi connectivity index (χ3v) is 2.96. The summed E-state index contributed by atoms with van der Waals surface area (Å²) in [5.74, 6) is 2.40. The van der Waals surface area contributed by atoms with E-state index in [2.05, 4.69) is 29.2 Å². The largest absolute Gasteiger partial charge is 0.494 e. The Morgan fingerprint density at radius 2 is 2.05 bits per heavy atom. The van der Waals surface area contributed by atoms with Gasteiger partial charge in [-0.3, -0.25) is 4.68 Å². The van der Waals surface area contributed by atoms with Gasteiger partial charge in [-0.2, -0.15) is 5.10 Å². The molecule has 0 spiro atoms. The zero-order chi connectivity index (χ0) is 14.9. The Hall–Kier alpha value is -1.88. The van der Waals surface area contributed by atoms with Crippen LogP contribution in [0.4, 0.5) is 0 Å². The molecule has 1 aromatic heterocycles. The quantitative estimate of drug-likeness (QED) is 0.720. The monoisotopic (exact) mass is 288 g/mol. The summed E-state index contributed by atoms with van der Waals surface area (Å²) < 4.78 is 7.53. The minimum absolute atomic E-state index is 0.641. The van der Waals surface area contributed by atoms with Crippen LogP contribution in [0.5, 0.6) is 5.75 Å². The molecule has 114 valence electrons. The van der Waals surface area contributed by atoms with Crippen LogP contribution in [-0.4, -0.2) is 27.9 Å². The fourth-order valence-electron chi connectivity index (χ4n) is 1.93. The van der Waals surface area contributed by atoms with Crippen molar-refractivity contribution < 1.29 is 4.74 Å². The van der Waals surface area contributed by atoms with Gasteiger partial charge in [-0.25, -0.2) is 4.98 Å². The van der Waals surface area contributed by atoms with Crippen molar-refractivity contribution in [2.45, 2.75) is 33.4 Å². The topological polar surface area (TPSA) is 52.0 Å². The number of benzene rings is 1. The van der Waals surface area contributed by atoms with Gasteiger partial charge in [0.05, 0.1) is 13.2 Å². The highest BCUT2D eigenvalue weighted by Crippen LogP contribution is 2.08. The lowest BCUT2D eigenvalue weighted by molar-refractivity contribution is 0.298. The first-order valence-electron chi connectivity index (χ1n) is 7.51. The fourth-order valence-corrected chi connectivity index (χ4v) is 1.93. The van der Waals surface area contributed by atoms with Crippen molar-refractivity contribution in [2.75, 3.05) is 13.2 Å². The summed E-state index contributed by atoms with van der Waals surface area (Å²) in [7, 11) is 0. The second kappa shape index (κ2) is 8.42. The van der Waals surface area contributed by atoms with Gasteiger partial charge in [0.25, 0.3) is 0 Å². The normalized spacial score (nSPS) is 11.0. The molecule has 0 aliphatic carbocycles. The number of aryl methyl sites for hydroxylation is 1. The first-order valence-corrected chi connectivity index (χ1v) is 7.51. The SMILES string of the molecule is CC(C)CNCc1ncn(CCCOc2ccccc2)n1. The van der Waals surface area contributed by atoms with E-state index in [1.807, 2.05) is 35.0 Å². The summed E-state index contributed by atoms with van der Waals surface area (Å²) in [5.41, 5.74) is 0. The molecule has 0 radical (unpaired) electrons. The number of hydrogen-bond acceptors (Lipinski definition) is 4. The first kappa shape index (κ1) is 15.5. The fraction of sp³-hybridized carbons (Fsp3) is 0.500. The zero-order valence-corrected chi connectivity index (χ0v) is 12.8. The van der Waals surface area contributed by atoms with Gasteiger partial charge in [-0.15, -0.1) is 0 Å². The maximum atomic E-state index is 5.65. The van der Waals surface area contributed by atoms with Crippen LogP contribution in [0, 0.1) is 5.92 Å². The summed E-state index contributed by atoms with van der Waals surface area (Å²) in [6.45, 7) is 7.59. The lowest BCUT2D eigenvalue weighted by Crippen LogP contribution is -2.19. The van der Waals surface area contributed by atoms with Crippen LogP contribution in [0.25, 0.3) is 0 Å². The highest BCUT2D eigenvalue weighted by molar-refractivity contribution is 5.20. The third-order valence-electron chi connectivity index (χ3n) is 2.96. The van der Waals surface area contributed by atoms with E-state index < -0.39 is 0 Å². The van der Waals surface area contributed by atoms with Crippen molar-refractivity contribution in [1.82, 2.24) is 20.1 Å². The third kappa shape index (κ3) is 5.95. The van der Waals surface area contributed by atoms with Gasteiger partial charge in [-0.05, 0) is 24.6 Å². The van der Waals surface area contributed by atoms with Crippen molar-refractivity contribution in [3.8, 4) is 5.75 Å². The van der Waals surface area contributed by atoms with E-state index in [0.29, 0.717) is 12.5 Å². The molecule has 0 aliphatic rings. The predicted molar refractivity (Wildman–Crippen MR) is 83.1 cm³/mol. The van der Waals surface area contributed by atoms with Crippen molar-refractivity contribution in [2.24, 2.45) is 5.92 Å². The highest BCUT2D eigenvalue weighted by Gasteiger charge is 2.01. The Kier molecular flexibility index (Phi) is 6.22. The molecule has 1 aromatic carbocycles. The van der Waals surface area contributed by atoms with Crippen molar-refractivity contribution >= 4 is 0 Å². The molecule has 0 saturated heterocycles. The van der Waals surface area contributed by atoms with E-state index in [4.69, 9.17) is 4.74 Å². The smallest absolute Gasteiger partial charge is 0.164 e.